The first kappa shape index (κ1) is 12.2. The SMILES string of the molecule is COc1ccsc1C(O)c1cc(Cl)sc1Cl. The number of aliphatic hydroxyl groups excluding tert-OH is 1. The summed E-state index contributed by atoms with van der Waals surface area (Å²) in [5, 5.41) is 12.0. The largest absolute Gasteiger partial charge is 0.495 e. The van der Waals surface area contributed by atoms with Gasteiger partial charge in [0.05, 0.1) is 16.3 Å². The minimum Gasteiger partial charge on any atom is -0.495 e. The summed E-state index contributed by atoms with van der Waals surface area (Å²) in [5.74, 6) is 0.663. The van der Waals surface area contributed by atoms with E-state index in [0.717, 1.165) is 4.88 Å². The highest BCUT2D eigenvalue weighted by atomic mass is 35.5. The normalized spacial score (nSPS) is 12.8. The Morgan fingerprint density at radius 3 is 2.75 bits per heavy atom. The molecule has 0 aliphatic carbocycles. The number of thiophene rings is 2. The van der Waals surface area contributed by atoms with Gasteiger partial charge in [-0.1, -0.05) is 23.2 Å². The predicted molar refractivity (Wildman–Crippen MR) is 69.3 cm³/mol. The number of rotatable bonds is 3. The number of halogens is 2. The first-order valence-corrected chi connectivity index (χ1v) is 6.83. The molecule has 86 valence electrons. The van der Waals surface area contributed by atoms with Crippen molar-refractivity contribution in [3.05, 3.63) is 36.6 Å². The van der Waals surface area contributed by atoms with E-state index in [4.69, 9.17) is 27.9 Å². The van der Waals surface area contributed by atoms with Crippen molar-refractivity contribution in [3.63, 3.8) is 0 Å². The van der Waals surface area contributed by atoms with Gasteiger partial charge in [-0.3, -0.25) is 0 Å². The molecule has 2 heterocycles. The van der Waals surface area contributed by atoms with E-state index in [1.807, 2.05) is 11.4 Å². The monoisotopic (exact) mass is 294 g/mol. The Hall–Kier alpha value is -0.260. The molecule has 2 nitrogen and oxygen atoms in total. The molecule has 0 fully saturated rings. The van der Waals surface area contributed by atoms with Crippen LogP contribution >= 0.6 is 45.9 Å². The number of ether oxygens (including phenoxy) is 1. The van der Waals surface area contributed by atoms with Crippen LogP contribution in [-0.4, -0.2) is 12.2 Å². The highest BCUT2D eigenvalue weighted by molar-refractivity contribution is 7.20. The summed E-state index contributed by atoms with van der Waals surface area (Å²) in [6.07, 6.45) is -0.786. The maximum atomic E-state index is 10.2. The van der Waals surface area contributed by atoms with Crippen molar-refractivity contribution < 1.29 is 9.84 Å². The van der Waals surface area contributed by atoms with Crippen LogP contribution < -0.4 is 4.74 Å². The number of hydrogen-bond acceptors (Lipinski definition) is 4. The van der Waals surface area contributed by atoms with Crippen molar-refractivity contribution in [2.75, 3.05) is 7.11 Å². The molecule has 1 unspecified atom stereocenters. The van der Waals surface area contributed by atoms with Gasteiger partial charge in [0.2, 0.25) is 0 Å². The predicted octanol–water partition coefficient (Wildman–Crippen LogP) is 4.21. The fourth-order valence-corrected chi connectivity index (χ4v) is 3.74. The van der Waals surface area contributed by atoms with E-state index in [1.165, 1.54) is 22.7 Å². The molecule has 0 aliphatic rings. The van der Waals surface area contributed by atoms with Gasteiger partial charge in [0.15, 0.2) is 0 Å². The van der Waals surface area contributed by atoms with E-state index in [2.05, 4.69) is 0 Å². The highest BCUT2D eigenvalue weighted by Crippen LogP contribution is 2.41. The van der Waals surface area contributed by atoms with Crippen molar-refractivity contribution in [1.82, 2.24) is 0 Å². The summed E-state index contributed by atoms with van der Waals surface area (Å²) >= 11 is 14.5. The molecule has 2 aromatic rings. The Kier molecular flexibility index (Phi) is 3.77. The summed E-state index contributed by atoms with van der Waals surface area (Å²) < 4.78 is 6.22. The molecular weight excluding hydrogens is 287 g/mol. The zero-order valence-corrected chi connectivity index (χ0v) is 11.4. The van der Waals surface area contributed by atoms with E-state index in [0.29, 0.717) is 20.0 Å². The van der Waals surface area contributed by atoms with Crippen molar-refractivity contribution in [1.29, 1.82) is 0 Å². The molecule has 0 saturated heterocycles. The summed E-state index contributed by atoms with van der Waals surface area (Å²) in [7, 11) is 1.57. The van der Waals surface area contributed by atoms with Crippen LogP contribution in [0.3, 0.4) is 0 Å². The third kappa shape index (κ3) is 2.21. The van der Waals surface area contributed by atoms with E-state index < -0.39 is 6.10 Å². The standard InChI is InChI=1S/C10H8Cl2O2S2/c1-14-6-2-3-15-9(6)8(13)5-4-7(11)16-10(5)12/h2-4,8,13H,1H3. The molecule has 0 saturated carbocycles. The fourth-order valence-electron chi connectivity index (χ4n) is 1.36. The molecule has 2 aromatic heterocycles. The minimum absolute atomic E-state index is 0.507. The van der Waals surface area contributed by atoms with E-state index in [1.54, 1.807) is 13.2 Å². The quantitative estimate of drug-likeness (QED) is 0.919. The second-order valence-corrected chi connectivity index (χ2v) is 6.27. The van der Waals surface area contributed by atoms with Gasteiger partial charge in [0, 0.05) is 5.56 Å². The van der Waals surface area contributed by atoms with E-state index in [9.17, 15) is 5.11 Å². The first-order chi connectivity index (χ1) is 7.63. The van der Waals surface area contributed by atoms with Gasteiger partial charge in [-0.05, 0) is 17.5 Å². The third-order valence-corrected chi connectivity index (χ3v) is 4.57. The molecule has 2 rings (SSSR count). The molecule has 1 N–H and O–H groups in total. The molecular formula is C10H8Cl2O2S2. The smallest absolute Gasteiger partial charge is 0.135 e. The molecule has 0 amide bonds. The second-order valence-electron chi connectivity index (χ2n) is 3.04. The highest BCUT2D eigenvalue weighted by Gasteiger charge is 2.21. The Morgan fingerprint density at radius 2 is 2.19 bits per heavy atom. The van der Waals surface area contributed by atoms with Crippen LogP contribution in [0.4, 0.5) is 0 Å². The maximum absolute atomic E-state index is 10.2. The van der Waals surface area contributed by atoms with Crippen LogP contribution in [0.5, 0.6) is 5.75 Å². The minimum atomic E-state index is -0.786. The molecule has 0 bridgehead atoms. The van der Waals surface area contributed by atoms with Crippen LogP contribution in [0.1, 0.15) is 16.5 Å². The average Bonchev–Trinajstić information content (AvgIpc) is 2.83. The molecule has 0 aromatic carbocycles. The van der Waals surface area contributed by atoms with Crippen molar-refractivity contribution in [3.8, 4) is 5.75 Å². The molecule has 0 radical (unpaired) electrons. The zero-order valence-electron chi connectivity index (χ0n) is 8.24. The Labute approximate surface area is 111 Å². The van der Waals surface area contributed by atoms with Gasteiger partial charge >= 0.3 is 0 Å². The fraction of sp³-hybridized carbons (Fsp3) is 0.200. The summed E-state index contributed by atoms with van der Waals surface area (Å²) in [5.41, 5.74) is 0.623. The molecule has 6 heteroatoms. The van der Waals surface area contributed by atoms with Crippen LogP contribution in [0, 0.1) is 0 Å². The summed E-state index contributed by atoms with van der Waals surface area (Å²) in [4.78, 5) is 0.735. The van der Waals surface area contributed by atoms with Gasteiger partial charge in [0.25, 0.3) is 0 Å². The number of methoxy groups -OCH3 is 1. The lowest BCUT2D eigenvalue weighted by Crippen LogP contribution is -1.98. The lowest BCUT2D eigenvalue weighted by molar-refractivity contribution is 0.219. The second kappa shape index (κ2) is 4.94. The Balaban J connectivity index is 2.38. The van der Waals surface area contributed by atoms with Gasteiger partial charge in [-0.25, -0.2) is 0 Å². The number of hydrogen-bond donors (Lipinski definition) is 1. The Morgan fingerprint density at radius 1 is 1.44 bits per heavy atom. The number of aliphatic hydroxyl groups is 1. The summed E-state index contributed by atoms with van der Waals surface area (Å²) in [6, 6.07) is 3.49. The van der Waals surface area contributed by atoms with E-state index >= 15 is 0 Å². The first-order valence-electron chi connectivity index (χ1n) is 4.37. The third-order valence-electron chi connectivity index (χ3n) is 2.10. The van der Waals surface area contributed by atoms with Gasteiger partial charge in [0.1, 0.15) is 16.2 Å². The van der Waals surface area contributed by atoms with Crippen LogP contribution in [0.15, 0.2) is 17.5 Å². The lowest BCUT2D eigenvalue weighted by atomic mass is 10.1. The zero-order chi connectivity index (χ0) is 11.7. The molecule has 16 heavy (non-hydrogen) atoms. The summed E-state index contributed by atoms with van der Waals surface area (Å²) in [6.45, 7) is 0. The van der Waals surface area contributed by atoms with Crippen molar-refractivity contribution >= 4 is 45.9 Å². The van der Waals surface area contributed by atoms with Gasteiger partial charge < -0.3 is 9.84 Å². The van der Waals surface area contributed by atoms with Crippen molar-refractivity contribution in [2.24, 2.45) is 0 Å². The Bertz CT molecular complexity index is 493. The van der Waals surface area contributed by atoms with Crippen LogP contribution in [-0.2, 0) is 0 Å². The van der Waals surface area contributed by atoms with Gasteiger partial charge in [-0.2, -0.15) is 0 Å². The lowest BCUT2D eigenvalue weighted by Gasteiger charge is -2.09. The topological polar surface area (TPSA) is 29.5 Å². The maximum Gasteiger partial charge on any atom is 0.135 e. The van der Waals surface area contributed by atoms with Crippen molar-refractivity contribution in [2.45, 2.75) is 6.10 Å². The van der Waals surface area contributed by atoms with Crippen LogP contribution in [0.2, 0.25) is 8.67 Å². The molecule has 0 aliphatic heterocycles. The molecule has 1 atom stereocenters. The average molecular weight is 295 g/mol. The molecule has 0 spiro atoms. The van der Waals surface area contributed by atoms with E-state index in [-0.39, 0.29) is 0 Å². The van der Waals surface area contributed by atoms with Gasteiger partial charge in [-0.15, -0.1) is 22.7 Å². The van der Waals surface area contributed by atoms with Crippen LogP contribution in [0.25, 0.3) is 0 Å².